The van der Waals surface area contributed by atoms with E-state index in [1.807, 2.05) is 0 Å². The lowest BCUT2D eigenvalue weighted by Crippen LogP contribution is -2.64. The molecule has 4 amide bonds. The van der Waals surface area contributed by atoms with E-state index in [1.54, 1.807) is 27.7 Å². The van der Waals surface area contributed by atoms with Crippen LogP contribution in [0.1, 0.15) is 79.1 Å². The van der Waals surface area contributed by atoms with Crippen molar-refractivity contribution in [3.8, 4) is 0 Å². The highest BCUT2D eigenvalue weighted by Gasteiger charge is 2.43. The molecule has 0 aromatic rings. The molecule has 0 aromatic heterocycles. The topological polar surface area (TPSA) is 195 Å². The van der Waals surface area contributed by atoms with E-state index in [-0.39, 0.29) is 30.8 Å². The number of nitrogens with zero attached hydrogens (tertiary/aromatic N) is 1. The van der Waals surface area contributed by atoms with Crippen LogP contribution in [0.3, 0.4) is 0 Å². The van der Waals surface area contributed by atoms with Crippen LogP contribution in [0, 0.1) is 5.92 Å². The molecule has 1 atom stereocenters. The minimum Gasteiger partial charge on any atom is -0.370 e. The molecule has 0 radical (unpaired) electrons. The molecule has 0 spiro atoms. The Bertz CT molecular complexity index is 737. The number of carbonyl (C=O) groups is 4. The molecule has 11 heteroatoms. The molecule has 0 aliphatic heterocycles. The zero-order chi connectivity index (χ0) is 25.2. The fraction of sp³-hybridized carbons (Fsp3) is 0.773. The Kier molecular flexibility index (Phi) is 10.6. The Labute approximate surface area is 196 Å². The number of rotatable bonds is 13. The maximum Gasteiger partial charge on any atom is 0.246 e. The number of hydrogen-bond acceptors (Lipinski definition) is 5. The van der Waals surface area contributed by atoms with Crippen molar-refractivity contribution in [1.82, 2.24) is 16.0 Å². The van der Waals surface area contributed by atoms with Crippen LogP contribution in [0.2, 0.25) is 0 Å². The number of aliphatic imine (C=N–C) groups is 1. The van der Waals surface area contributed by atoms with Crippen molar-refractivity contribution in [2.75, 3.05) is 6.54 Å². The van der Waals surface area contributed by atoms with Gasteiger partial charge >= 0.3 is 0 Å². The number of nitrogens with one attached hydrogen (secondary N) is 3. The average Bonchev–Trinajstić information content (AvgIpc) is 3.23. The normalized spacial score (nSPS) is 16.0. The van der Waals surface area contributed by atoms with Crippen LogP contribution >= 0.6 is 0 Å². The smallest absolute Gasteiger partial charge is 0.246 e. The fourth-order valence-electron chi connectivity index (χ4n) is 3.99. The molecule has 1 saturated carbocycles. The molecule has 1 fully saturated rings. The zero-order valence-corrected chi connectivity index (χ0v) is 20.3. The van der Waals surface area contributed by atoms with Crippen molar-refractivity contribution < 1.29 is 19.2 Å². The molecule has 9 N–H and O–H groups in total. The Morgan fingerprint density at radius 1 is 1.00 bits per heavy atom. The van der Waals surface area contributed by atoms with E-state index in [9.17, 15) is 19.2 Å². The molecule has 0 bridgehead atoms. The summed E-state index contributed by atoms with van der Waals surface area (Å²) < 4.78 is 0. The van der Waals surface area contributed by atoms with Crippen molar-refractivity contribution in [3.05, 3.63) is 0 Å². The van der Waals surface area contributed by atoms with E-state index in [1.165, 1.54) is 0 Å². The van der Waals surface area contributed by atoms with Gasteiger partial charge in [-0.15, -0.1) is 0 Å². The largest absolute Gasteiger partial charge is 0.370 e. The van der Waals surface area contributed by atoms with Crippen LogP contribution in [0.5, 0.6) is 0 Å². The lowest BCUT2D eigenvalue weighted by Gasteiger charge is -2.35. The maximum atomic E-state index is 13.3. The van der Waals surface area contributed by atoms with Gasteiger partial charge in [0.2, 0.25) is 23.6 Å². The highest BCUT2D eigenvalue weighted by molar-refractivity contribution is 5.97. The van der Waals surface area contributed by atoms with Crippen molar-refractivity contribution in [2.24, 2.45) is 28.1 Å². The van der Waals surface area contributed by atoms with Gasteiger partial charge in [-0.3, -0.25) is 24.2 Å². The second kappa shape index (κ2) is 12.4. The van der Waals surface area contributed by atoms with Crippen LogP contribution in [0.15, 0.2) is 4.99 Å². The Hall–Kier alpha value is -2.85. The van der Waals surface area contributed by atoms with Crippen LogP contribution in [-0.4, -0.2) is 53.3 Å². The van der Waals surface area contributed by atoms with Gasteiger partial charge in [0.25, 0.3) is 0 Å². The third-order valence-corrected chi connectivity index (χ3v) is 6.39. The zero-order valence-electron chi connectivity index (χ0n) is 20.3. The Balaban J connectivity index is 3.09. The Morgan fingerprint density at radius 2 is 1.58 bits per heavy atom. The molecule has 1 rings (SSSR count). The summed E-state index contributed by atoms with van der Waals surface area (Å²) in [7, 11) is 0. The first kappa shape index (κ1) is 28.2. The molecule has 188 valence electrons. The van der Waals surface area contributed by atoms with Crippen LogP contribution in [0.4, 0.5) is 0 Å². The summed E-state index contributed by atoms with van der Waals surface area (Å²) in [6, 6.07) is -0.947. The van der Waals surface area contributed by atoms with Crippen LogP contribution in [0.25, 0.3) is 0 Å². The van der Waals surface area contributed by atoms with E-state index < -0.39 is 34.8 Å². The summed E-state index contributed by atoms with van der Waals surface area (Å²) in [5.41, 5.74) is 14.0. The average molecular weight is 468 g/mol. The second-order valence-electron chi connectivity index (χ2n) is 9.05. The first-order chi connectivity index (χ1) is 15.4. The molecule has 0 saturated heterocycles. The molecular weight excluding hydrogens is 426 g/mol. The van der Waals surface area contributed by atoms with Crippen LogP contribution < -0.4 is 33.2 Å². The summed E-state index contributed by atoms with van der Waals surface area (Å²) in [5.74, 6) is -2.15. The molecule has 33 heavy (non-hydrogen) atoms. The van der Waals surface area contributed by atoms with E-state index in [4.69, 9.17) is 17.2 Å². The van der Waals surface area contributed by atoms with Crippen molar-refractivity contribution in [1.29, 1.82) is 0 Å². The van der Waals surface area contributed by atoms with Gasteiger partial charge in [-0.05, 0) is 38.5 Å². The van der Waals surface area contributed by atoms with E-state index in [0.717, 1.165) is 12.8 Å². The lowest BCUT2D eigenvalue weighted by molar-refractivity contribution is -0.138. The quantitative estimate of drug-likeness (QED) is 0.123. The van der Waals surface area contributed by atoms with Gasteiger partial charge in [0.1, 0.15) is 17.1 Å². The SMILES string of the molecule is CCC(CC)(NC(=O)C(C)C)C(=O)NC(CCCN=C(N)N)C(=O)NC1(C(N)=O)CCCC1. The summed E-state index contributed by atoms with van der Waals surface area (Å²) in [6.45, 7) is 7.37. The van der Waals surface area contributed by atoms with E-state index in [0.29, 0.717) is 32.1 Å². The third kappa shape index (κ3) is 7.61. The van der Waals surface area contributed by atoms with Gasteiger partial charge in [0, 0.05) is 12.5 Å². The van der Waals surface area contributed by atoms with Gasteiger partial charge in [-0.25, -0.2) is 0 Å². The van der Waals surface area contributed by atoms with Crippen molar-refractivity contribution in [2.45, 2.75) is 96.2 Å². The first-order valence-corrected chi connectivity index (χ1v) is 11.7. The van der Waals surface area contributed by atoms with Gasteiger partial charge in [0.05, 0.1) is 0 Å². The molecule has 0 heterocycles. The van der Waals surface area contributed by atoms with Crippen LogP contribution in [-0.2, 0) is 19.2 Å². The molecule has 11 nitrogen and oxygen atoms in total. The first-order valence-electron chi connectivity index (χ1n) is 11.7. The Morgan fingerprint density at radius 3 is 2.03 bits per heavy atom. The fourth-order valence-corrected chi connectivity index (χ4v) is 3.99. The van der Waals surface area contributed by atoms with Gasteiger partial charge in [-0.1, -0.05) is 40.5 Å². The number of carbonyl (C=O) groups excluding carboxylic acids is 4. The number of primary amides is 1. The number of guanidine groups is 1. The predicted molar refractivity (Wildman–Crippen MR) is 127 cm³/mol. The summed E-state index contributed by atoms with van der Waals surface area (Å²) in [5, 5.41) is 8.43. The minimum absolute atomic E-state index is 0.0638. The van der Waals surface area contributed by atoms with Gasteiger partial charge in [0.15, 0.2) is 5.96 Å². The standard InChI is InChI=1S/C22H41N7O4/c1-5-21(6-2,28-16(30)14(3)4)19(33)27-15(10-9-13-26-20(24)25)17(31)29-22(18(23)32)11-7-8-12-22/h14-15H,5-13H2,1-4H3,(H2,23,32)(H,27,33)(H,28,30)(H,29,31)(H4,24,25,26). The maximum absolute atomic E-state index is 13.3. The van der Waals surface area contributed by atoms with Crippen molar-refractivity contribution >= 4 is 29.6 Å². The number of hydrogen-bond donors (Lipinski definition) is 6. The molecule has 1 aliphatic carbocycles. The second-order valence-corrected chi connectivity index (χ2v) is 9.05. The molecule has 1 unspecified atom stereocenters. The van der Waals surface area contributed by atoms with Gasteiger partial charge < -0.3 is 33.2 Å². The highest BCUT2D eigenvalue weighted by atomic mass is 16.2. The predicted octanol–water partition coefficient (Wildman–Crippen LogP) is -0.230. The number of amides is 4. The van der Waals surface area contributed by atoms with Crippen molar-refractivity contribution in [3.63, 3.8) is 0 Å². The lowest BCUT2D eigenvalue weighted by atomic mass is 9.90. The molecular formula is C22H41N7O4. The highest BCUT2D eigenvalue weighted by Crippen LogP contribution is 2.29. The van der Waals surface area contributed by atoms with Gasteiger partial charge in [-0.2, -0.15) is 0 Å². The number of nitrogens with two attached hydrogens (primary N) is 3. The summed E-state index contributed by atoms with van der Waals surface area (Å²) in [6.07, 6.45) is 3.83. The van der Waals surface area contributed by atoms with E-state index in [2.05, 4.69) is 20.9 Å². The summed E-state index contributed by atoms with van der Waals surface area (Å²) >= 11 is 0. The monoisotopic (exact) mass is 467 g/mol. The van der Waals surface area contributed by atoms with E-state index >= 15 is 0 Å². The molecule has 0 aromatic carbocycles. The third-order valence-electron chi connectivity index (χ3n) is 6.39. The summed E-state index contributed by atoms with van der Waals surface area (Å²) in [4.78, 5) is 54.9. The molecule has 1 aliphatic rings. The minimum atomic E-state index is -1.16.